The van der Waals surface area contributed by atoms with E-state index in [0.29, 0.717) is 11.3 Å². The molecule has 0 spiro atoms. The lowest BCUT2D eigenvalue weighted by atomic mass is 9.43. The van der Waals surface area contributed by atoms with Crippen LogP contribution in [0.2, 0.25) is 0 Å². The fraction of sp³-hybridized carbons (Fsp3) is 0.611. The van der Waals surface area contributed by atoms with Crippen LogP contribution in [-0.4, -0.2) is 12.5 Å². The molecule has 3 aliphatic rings. The average molecular weight is 271 g/mol. The molecule has 4 atom stereocenters. The van der Waals surface area contributed by atoms with Crippen LogP contribution in [0.25, 0.3) is 0 Å². The van der Waals surface area contributed by atoms with Gasteiger partial charge in [0, 0.05) is 12.1 Å². The Balaban J connectivity index is 1.60. The van der Waals surface area contributed by atoms with Gasteiger partial charge in [0.15, 0.2) is 0 Å². The standard InChI is InChI=1S/C18H25NO/c1-12-9-14(16-10-15(12)18(16,2)3)11-19-17(20)13-7-5-4-6-8-13/h4-8,12,14-16H,9-11H2,1-3H3,(H,19,20). The Bertz CT molecular complexity index is 493. The lowest BCUT2D eigenvalue weighted by Crippen LogP contribution is -2.57. The number of carbonyl (C=O) groups excluding carboxylic acids is 1. The summed E-state index contributed by atoms with van der Waals surface area (Å²) in [6.07, 6.45) is 2.63. The van der Waals surface area contributed by atoms with Crippen LogP contribution < -0.4 is 5.32 Å². The third-order valence-electron chi connectivity index (χ3n) is 5.91. The Labute approximate surface area is 122 Å². The number of amides is 1. The molecule has 2 nitrogen and oxygen atoms in total. The molecule has 2 bridgehead atoms. The monoisotopic (exact) mass is 271 g/mol. The minimum Gasteiger partial charge on any atom is -0.352 e. The summed E-state index contributed by atoms with van der Waals surface area (Å²) in [4.78, 5) is 12.1. The van der Waals surface area contributed by atoms with E-state index in [0.717, 1.165) is 29.9 Å². The van der Waals surface area contributed by atoms with Gasteiger partial charge in [-0.05, 0) is 54.1 Å². The maximum absolute atomic E-state index is 12.1. The molecule has 3 fully saturated rings. The second kappa shape index (κ2) is 4.91. The van der Waals surface area contributed by atoms with Crippen LogP contribution in [0.5, 0.6) is 0 Å². The largest absolute Gasteiger partial charge is 0.352 e. The minimum atomic E-state index is 0.0671. The van der Waals surface area contributed by atoms with E-state index in [1.54, 1.807) is 0 Å². The molecular formula is C18H25NO. The third kappa shape index (κ3) is 2.15. The van der Waals surface area contributed by atoms with Crippen LogP contribution in [0.3, 0.4) is 0 Å². The van der Waals surface area contributed by atoms with Gasteiger partial charge in [0.25, 0.3) is 5.91 Å². The molecule has 108 valence electrons. The van der Waals surface area contributed by atoms with Gasteiger partial charge in [-0.25, -0.2) is 0 Å². The minimum absolute atomic E-state index is 0.0671. The van der Waals surface area contributed by atoms with E-state index in [-0.39, 0.29) is 5.91 Å². The molecule has 4 rings (SSSR count). The highest BCUT2D eigenvalue weighted by Gasteiger charge is 2.56. The van der Waals surface area contributed by atoms with Gasteiger partial charge < -0.3 is 5.32 Å². The summed E-state index contributed by atoms with van der Waals surface area (Å²) in [7, 11) is 0. The molecule has 1 N–H and O–H groups in total. The lowest BCUT2D eigenvalue weighted by Gasteiger charge is -2.63. The lowest BCUT2D eigenvalue weighted by molar-refractivity contribution is -0.135. The van der Waals surface area contributed by atoms with Crippen LogP contribution in [-0.2, 0) is 0 Å². The fourth-order valence-corrected chi connectivity index (χ4v) is 4.71. The number of rotatable bonds is 3. The smallest absolute Gasteiger partial charge is 0.251 e. The number of benzene rings is 1. The van der Waals surface area contributed by atoms with Crippen molar-refractivity contribution in [1.82, 2.24) is 5.32 Å². The molecule has 0 radical (unpaired) electrons. The first-order chi connectivity index (χ1) is 9.50. The summed E-state index contributed by atoms with van der Waals surface area (Å²) in [5.74, 6) is 3.21. The molecule has 0 aromatic heterocycles. The van der Waals surface area contributed by atoms with Gasteiger partial charge in [-0.2, -0.15) is 0 Å². The van der Waals surface area contributed by atoms with Gasteiger partial charge in [0.1, 0.15) is 0 Å². The number of hydrogen-bond donors (Lipinski definition) is 1. The summed E-state index contributed by atoms with van der Waals surface area (Å²) in [6.45, 7) is 8.04. The summed E-state index contributed by atoms with van der Waals surface area (Å²) in [6, 6.07) is 9.52. The quantitative estimate of drug-likeness (QED) is 0.891. The maximum Gasteiger partial charge on any atom is 0.251 e. The summed E-state index contributed by atoms with van der Waals surface area (Å²) in [5, 5.41) is 3.14. The van der Waals surface area contributed by atoms with Crippen LogP contribution in [0.1, 0.15) is 44.0 Å². The highest BCUT2D eigenvalue weighted by atomic mass is 16.1. The van der Waals surface area contributed by atoms with Crippen LogP contribution >= 0.6 is 0 Å². The van der Waals surface area contributed by atoms with Crippen molar-refractivity contribution in [1.29, 1.82) is 0 Å². The first-order valence-corrected chi connectivity index (χ1v) is 7.83. The van der Waals surface area contributed by atoms with Gasteiger partial charge in [-0.1, -0.05) is 39.0 Å². The molecule has 1 aromatic carbocycles. The predicted molar refractivity (Wildman–Crippen MR) is 81.4 cm³/mol. The zero-order valence-electron chi connectivity index (χ0n) is 12.7. The first-order valence-electron chi connectivity index (χ1n) is 7.83. The third-order valence-corrected chi connectivity index (χ3v) is 5.91. The van der Waals surface area contributed by atoms with Crippen molar-refractivity contribution in [2.45, 2.75) is 33.6 Å². The topological polar surface area (TPSA) is 29.1 Å². The van der Waals surface area contributed by atoms with E-state index in [4.69, 9.17) is 0 Å². The first kappa shape index (κ1) is 13.7. The summed E-state index contributed by atoms with van der Waals surface area (Å²) < 4.78 is 0. The van der Waals surface area contributed by atoms with Crippen molar-refractivity contribution in [2.75, 3.05) is 6.54 Å². The zero-order valence-corrected chi connectivity index (χ0v) is 12.7. The number of fused-ring (bicyclic) bond motifs is 2. The van der Waals surface area contributed by atoms with E-state index in [1.165, 1.54) is 12.8 Å². The molecule has 0 aliphatic heterocycles. The maximum atomic E-state index is 12.1. The van der Waals surface area contributed by atoms with E-state index in [1.807, 2.05) is 30.3 Å². The van der Waals surface area contributed by atoms with Gasteiger partial charge in [-0.15, -0.1) is 0 Å². The number of carbonyl (C=O) groups is 1. The Morgan fingerprint density at radius 2 is 1.90 bits per heavy atom. The fourth-order valence-electron chi connectivity index (χ4n) is 4.71. The van der Waals surface area contributed by atoms with Crippen LogP contribution in [0.15, 0.2) is 30.3 Å². The molecule has 0 saturated heterocycles. The molecule has 20 heavy (non-hydrogen) atoms. The molecular weight excluding hydrogens is 246 g/mol. The van der Waals surface area contributed by atoms with Crippen molar-refractivity contribution in [3.8, 4) is 0 Å². The van der Waals surface area contributed by atoms with Gasteiger partial charge in [-0.3, -0.25) is 4.79 Å². The van der Waals surface area contributed by atoms with Crippen molar-refractivity contribution in [3.63, 3.8) is 0 Å². The molecule has 0 heterocycles. The Kier molecular flexibility index (Phi) is 3.35. The Morgan fingerprint density at radius 1 is 1.20 bits per heavy atom. The Morgan fingerprint density at radius 3 is 2.50 bits per heavy atom. The Hall–Kier alpha value is -1.31. The van der Waals surface area contributed by atoms with Crippen LogP contribution in [0, 0.1) is 29.1 Å². The molecule has 4 unspecified atom stereocenters. The predicted octanol–water partition coefficient (Wildman–Crippen LogP) is 3.73. The molecule has 1 aromatic rings. The van der Waals surface area contributed by atoms with E-state index in [9.17, 15) is 4.79 Å². The van der Waals surface area contributed by atoms with Crippen molar-refractivity contribution < 1.29 is 4.79 Å². The molecule has 3 saturated carbocycles. The summed E-state index contributed by atoms with van der Waals surface area (Å²) in [5.41, 5.74) is 1.24. The van der Waals surface area contributed by atoms with Crippen molar-refractivity contribution in [3.05, 3.63) is 35.9 Å². The molecule has 1 amide bonds. The average Bonchev–Trinajstić information content (AvgIpc) is 2.44. The second-order valence-electron chi connectivity index (χ2n) is 7.32. The number of nitrogens with one attached hydrogen (secondary N) is 1. The van der Waals surface area contributed by atoms with E-state index >= 15 is 0 Å². The van der Waals surface area contributed by atoms with Crippen molar-refractivity contribution in [2.24, 2.45) is 29.1 Å². The highest BCUT2D eigenvalue weighted by Crippen LogP contribution is 2.63. The summed E-state index contributed by atoms with van der Waals surface area (Å²) >= 11 is 0. The molecule has 3 aliphatic carbocycles. The van der Waals surface area contributed by atoms with Crippen molar-refractivity contribution >= 4 is 5.91 Å². The SMILES string of the molecule is CC1CC(CNC(=O)c2ccccc2)C2CC1C2(C)C. The number of hydrogen-bond acceptors (Lipinski definition) is 1. The normalized spacial score (nSPS) is 34.1. The van der Waals surface area contributed by atoms with Crippen LogP contribution in [0.4, 0.5) is 0 Å². The van der Waals surface area contributed by atoms with Gasteiger partial charge >= 0.3 is 0 Å². The molecule has 2 heteroatoms. The highest BCUT2D eigenvalue weighted by molar-refractivity contribution is 5.94. The second-order valence-corrected chi connectivity index (χ2v) is 7.32. The van der Waals surface area contributed by atoms with Gasteiger partial charge in [0.2, 0.25) is 0 Å². The van der Waals surface area contributed by atoms with Gasteiger partial charge in [0.05, 0.1) is 0 Å². The zero-order chi connectivity index (χ0) is 14.3. The van der Waals surface area contributed by atoms with E-state index in [2.05, 4.69) is 26.1 Å². The van der Waals surface area contributed by atoms with E-state index < -0.39 is 0 Å².